The van der Waals surface area contributed by atoms with Crippen LogP contribution in [0.15, 0.2) is 79.4 Å². The number of para-hydroxylation sites is 2. The standard InChI is InChI=1S/C26H25N3O3/c1-2-24(30)29-16-14-18(15-17-29)22-13-12-21(26(27)31)25(28-22)20-10-6-7-11-23(20)32-19-8-4-3-5-9-19/h2-13,18H,1,14-17H2,(H2,27,31). The van der Waals surface area contributed by atoms with Crippen molar-refractivity contribution in [3.05, 3.63) is 90.6 Å². The molecule has 6 heteroatoms. The molecule has 162 valence electrons. The van der Waals surface area contributed by atoms with Gasteiger partial charge in [-0.05, 0) is 55.3 Å². The first-order valence-corrected chi connectivity index (χ1v) is 10.6. The average molecular weight is 428 g/mol. The van der Waals surface area contributed by atoms with Crippen LogP contribution >= 0.6 is 0 Å². The number of carbonyl (C=O) groups excluding carboxylic acids is 2. The maximum Gasteiger partial charge on any atom is 0.250 e. The highest BCUT2D eigenvalue weighted by Gasteiger charge is 2.25. The summed E-state index contributed by atoms with van der Waals surface area (Å²) in [6.45, 7) is 4.86. The highest BCUT2D eigenvalue weighted by Crippen LogP contribution is 2.36. The van der Waals surface area contributed by atoms with Crippen LogP contribution in [0, 0.1) is 0 Å². The van der Waals surface area contributed by atoms with Crippen molar-refractivity contribution in [2.24, 2.45) is 5.73 Å². The number of nitrogens with zero attached hydrogens (tertiary/aromatic N) is 2. The lowest BCUT2D eigenvalue weighted by Gasteiger charge is -2.31. The number of ether oxygens (including phenoxy) is 1. The lowest BCUT2D eigenvalue weighted by Crippen LogP contribution is -2.37. The van der Waals surface area contributed by atoms with Gasteiger partial charge in [0.05, 0.1) is 11.3 Å². The summed E-state index contributed by atoms with van der Waals surface area (Å²) < 4.78 is 6.09. The van der Waals surface area contributed by atoms with Gasteiger partial charge in [0.2, 0.25) is 5.91 Å². The molecule has 0 bridgehead atoms. The number of pyridine rings is 1. The number of benzene rings is 2. The molecule has 0 atom stereocenters. The largest absolute Gasteiger partial charge is 0.457 e. The lowest BCUT2D eigenvalue weighted by atomic mass is 9.91. The number of hydrogen-bond acceptors (Lipinski definition) is 4. The number of likely N-dealkylation sites (tertiary alicyclic amines) is 1. The third-order valence-electron chi connectivity index (χ3n) is 5.69. The van der Waals surface area contributed by atoms with Gasteiger partial charge in [0.1, 0.15) is 11.5 Å². The number of aromatic nitrogens is 1. The minimum absolute atomic E-state index is 0.0480. The SMILES string of the molecule is C=CC(=O)N1CCC(c2ccc(C(N)=O)c(-c3ccccc3Oc3ccccc3)n2)CC1. The topological polar surface area (TPSA) is 85.5 Å². The average Bonchev–Trinajstić information content (AvgIpc) is 2.84. The van der Waals surface area contributed by atoms with Crippen LogP contribution in [0.5, 0.6) is 11.5 Å². The lowest BCUT2D eigenvalue weighted by molar-refractivity contribution is -0.127. The van der Waals surface area contributed by atoms with Crippen LogP contribution in [0.1, 0.15) is 34.8 Å². The minimum atomic E-state index is -0.542. The summed E-state index contributed by atoms with van der Waals surface area (Å²) in [5.41, 5.74) is 8.11. The number of carbonyl (C=O) groups is 2. The van der Waals surface area contributed by atoms with Crippen LogP contribution in [0.3, 0.4) is 0 Å². The van der Waals surface area contributed by atoms with Crippen molar-refractivity contribution in [3.8, 4) is 22.8 Å². The Labute approximate surface area is 187 Å². The molecule has 0 aliphatic carbocycles. The summed E-state index contributed by atoms with van der Waals surface area (Å²) >= 11 is 0. The van der Waals surface area contributed by atoms with Gasteiger partial charge in [-0.1, -0.05) is 36.9 Å². The molecule has 32 heavy (non-hydrogen) atoms. The van der Waals surface area contributed by atoms with Crippen molar-refractivity contribution in [1.82, 2.24) is 9.88 Å². The summed E-state index contributed by atoms with van der Waals surface area (Å²) in [6, 6.07) is 20.5. The van der Waals surface area contributed by atoms with Gasteiger partial charge in [0.25, 0.3) is 5.91 Å². The first-order chi connectivity index (χ1) is 15.6. The monoisotopic (exact) mass is 427 g/mol. The van der Waals surface area contributed by atoms with E-state index in [2.05, 4.69) is 6.58 Å². The fourth-order valence-electron chi connectivity index (χ4n) is 4.00. The van der Waals surface area contributed by atoms with E-state index in [-0.39, 0.29) is 11.8 Å². The van der Waals surface area contributed by atoms with Crippen LogP contribution < -0.4 is 10.5 Å². The Morgan fingerprint density at radius 1 is 1.00 bits per heavy atom. The molecule has 1 saturated heterocycles. The summed E-state index contributed by atoms with van der Waals surface area (Å²) in [5.74, 6) is 0.883. The Morgan fingerprint density at radius 2 is 1.69 bits per heavy atom. The second kappa shape index (κ2) is 9.47. The number of nitrogens with two attached hydrogens (primary N) is 1. The highest BCUT2D eigenvalue weighted by molar-refractivity contribution is 5.99. The predicted molar refractivity (Wildman–Crippen MR) is 123 cm³/mol. The van der Waals surface area contributed by atoms with Crippen molar-refractivity contribution < 1.29 is 14.3 Å². The maximum absolute atomic E-state index is 12.2. The van der Waals surface area contributed by atoms with E-state index in [9.17, 15) is 9.59 Å². The molecule has 0 spiro atoms. The molecule has 1 fully saturated rings. The van der Waals surface area contributed by atoms with E-state index in [1.165, 1.54) is 6.08 Å². The molecule has 1 aliphatic rings. The summed E-state index contributed by atoms with van der Waals surface area (Å²) in [5, 5.41) is 0. The molecule has 1 aliphatic heterocycles. The Balaban J connectivity index is 1.68. The molecule has 0 saturated carbocycles. The van der Waals surface area contributed by atoms with Gasteiger partial charge in [0.15, 0.2) is 0 Å². The van der Waals surface area contributed by atoms with Gasteiger partial charge in [-0.15, -0.1) is 0 Å². The summed E-state index contributed by atoms with van der Waals surface area (Å²) in [4.78, 5) is 30.7. The Bertz CT molecular complexity index is 1140. The molecule has 1 aromatic heterocycles. The van der Waals surface area contributed by atoms with Gasteiger partial charge in [-0.2, -0.15) is 0 Å². The van der Waals surface area contributed by atoms with Gasteiger partial charge in [-0.3, -0.25) is 14.6 Å². The molecule has 0 unspecified atom stereocenters. The Morgan fingerprint density at radius 3 is 2.38 bits per heavy atom. The van der Waals surface area contributed by atoms with Crippen LogP contribution in [-0.4, -0.2) is 34.8 Å². The first kappa shape index (κ1) is 21.3. The van der Waals surface area contributed by atoms with Crippen molar-refractivity contribution in [2.45, 2.75) is 18.8 Å². The normalized spacial score (nSPS) is 14.1. The maximum atomic E-state index is 12.2. The highest BCUT2D eigenvalue weighted by atomic mass is 16.5. The second-order valence-electron chi connectivity index (χ2n) is 7.71. The van der Waals surface area contributed by atoms with E-state index < -0.39 is 5.91 Å². The van der Waals surface area contributed by atoms with Crippen LogP contribution in [-0.2, 0) is 4.79 Å². The van der Waals surface area contributed by atoms with Gasteiger partial charge in [-0.25, -0.2) is 0 Å². The van der Waals surface area contributed by atoms with E-state index in [4.69, 9.17) is 15.5 Å². The smallest absolute Gasteiger partial charge is 0.250 e. The molecule has 2 amide bonds. The number of piperidine rings is 1. The zero-order valence-electron chi connectivity index (χ0n) is 17.7. The van der Waals surface area contributed by atoms with Crippen molar-refractivity contribution >= 4 is 11.8 Å². The van der Waals surface area contributed by atoms with E-state index in [0.717, 1.165) is 18.5 Å². The van der Waals surface area contributed by atoms with Crippen molar-refractivity contribution in [3.63, 3.8) is 0 Å². The number of primary amides is 1. The van der Waals surface area contributed by atoms with Crippen molar-refractivity contribution in [1.29, 1.82) is 0 Å². The molecule has 2 heterocycles. The van der Waals surface area contributed by atoms with Crippen LogP contribution in [0.4, 0.5) is 0 Å². The van der Waals surface area contributed by atoms with E-state index in [0.29, 0.717) is 41.4 Å². The van der Waals surface area contributed by atoms with Gasteiger partial charge in [0, 0.05) is 30.3 Å². The molecule has 3 aromatic rings. The number of hydrogen-bond donors (Lipinski definition) is 1. The zero-order valence-corrected chi connectivity index (χ0v) is 17.7. The first-order valence-electron chi connectivity index (χ1n) is 10.6. The molecule has 2 aromatic carbocycles. The van der Waals surface area contributed by atoms with E-state index >= 15 is 0 Å². The fourth-order valence-corrected chi connectivity index (χ4v) is 4.00. The molecular formula is C26H25N3O3. The Hall–Kier alpha value is -3.93. The molecule has 6 nitrogen and oxygen atoms in total. The quantitative estimate of drug-likeness (QED) is 0.586. The fraction of sp³-hybridized carbons (Fsp3) is 0.192. The van der Waals surface area contributed by atoms with E-state index in [1.807, 2.05) is 60.7 Å². The molecular weight excluding hydrogens is 402 g/mol. The summed E-state index contributed by atoms with van der Waals surface area (Å²) in [6.07, 6.45) is 2.94. The van der Waals surface area contributed by atoms with Crippen LogP contribution in [0.25, 0.3) is 11.3 Å². The molecule has 4 rings (SSSR count). The summed E-state index contributed by atoms with van der Waals surface area (Å²) in [7, 11) is 0. The number of amides is 2. The number of rotatable bonds is 6. The van der Waals surface area contributed by atoms with Gasteiger partial charge < -0.3 is 15.4 Å². The third-order valence-corrected chi connectivity index (χ3v) is 5.69. The van der Waals surface area contributed by atoms with Crippen molar-refractivity contribution in [2.75, 3.05) is 13.1 Å². The minimum Gasteiger partial charge on any atom is -0.457 e. The van der Waals surface area contributed by atoms with E-state index in [1.54, 1.807) is 11.0 Å². The molecule has 2 N–H and O–H groups in total. The predicted octanol–water partition coefficient (Wildman–Crippen LogP) is 4.53. The molecule has 0 radical (unpaired) electrons. The van der Waals surface area contributed by atoms with Crippen LogP contribution in [0.2, 0.25) is 0 Å². The van der Waals surface area contributed by atoms with Gasteiger partial charge >= 0.3 is 0 Å². The Kier molecular flexibility index (Phi) is 6.31. The second-order valence-corrected chi connectivity index (χ2v) is 7.71. The third kappa shape index (κ3) is 4.54. The zero-order chi connectivity index (χ0) is 22.5.